The second-order valence-corrected chi connectivity index (χ2v) is 3.17. The van der Waals surface area contributed by atoms with E-state index in [1.54, 1.807) is 12.1 Å². The molecule has 0 aliphatic carbocycles. The van der Waals surface area contributed by atoms with Crippen LogP contribution in [0.3, 0.4) is 0 Å². The third kappa shape index (κ3) is 1.33. The molecule has 1 aliphatic heterocycles. The summed E-state index contributed by atoms with van der Waals surface area (Å²) < 4.78 is 0. The molecule has 1 heterocycles. The van der Waals surface area contributed by atoms with E-state index in [2.05, 4.69) is 5.32 Å². The summed E-state index contributed by atoms with van der Waals surface area (Å²) in [5, 5.41) is 2.65. The van der Waals surface area contributed by atoms with Crippen molar-refractivity contribution in [3.8, 4) is 0 Å². The average Bonchev–Trinajstić information content (AvgIpc) is 2.44. The van der Waals surface area contributed by atoms with E-state index in [9.17, 15) is 9.59 Å². The van der Waals surface area contributed by atoms with Crippen molar-refractivity contribution >= 4 is 17.4 Å². The van der Waals surface area contributed by atoms with Crippen LogP contribution in [-0.4, -0.2) is 11.7 Å². The molecule has 0 radical (unpaired) electrons. The highest BCUT2D eigenvalue weighted by molar-refractivity contribution is 6.12. The molecule has 0 fully saturated rings. The van der Waals surface area contributed by atoms with E-state index in [0.717, 1.165) is 5.56 Å². The zero-order valence-corrected chi connectivity index (χ0v) is 7.70. The first kappa shape index (κ1) is 8.69. The Balaban J connectivity index is 2.54. The van der Waals surface area contributed by atoms with Crippen molar-refractivity contribution in [1.29, 1.82) is 0 Å². The molecule has 0 atom stereocenters. The molecule has 2 rings (SSSR count). The highest BCUT2D eigenvalue weighted by Gasteiger charge is 2.22. The van der Waals surface area contributed by atoms with Crippen molar-refractivity contribution in [3.05, 3.63) is 41.5 Å². The highest BCUT2D eigenvalue weighted by atomic mass is 16.2. The normalized spacial score (nSPS) is 16.6. The van der Waals surface area contributed by atoms with E-state index < -0.39 is 0 Å². The fourth-order valence-corrected chi connectivity index (χ4v) is 1.49. The Bertz CT molecular complexity index is 446. The number of nitrogens with one attached hydrogen (secondary N) is 1. The number of hydrogen-bond acceptors (Lipinski definition) is 2. The fraction of sp³-hybridized carbons (Fsp3) is 0.0909. The highest BCUT2D eigenvalue weighted by Crippen LogP contribution is 2.23. The molecule has 0 saturated heterocycles. The van der Waals surface area contributed by atoms with Gasteiger partial charge >= 0.3 is 0 Å². The van der Waals surface area contributed by atoms with Crippen LogP contribution in [0.25, 0.3) is 5.70 Å². The molecule has 14 heavy (non-hydrogen) atoms. The Labute approximate surface area is 81.4 Å². The number of carbonyl (C=O) groups is 2. The molecule has 1 aromatic rings. The van der Waals surface area contributed by atoms with Crippen molar-refractivity contribution in [3.63, 3.8) is 0 Å². The summed E-state index contributed by atoms with van der Waals surface area (Å²) in [4.78, 5) is 22.3. The summed E-state index contributed by atoms with van der Waals surface area (Å²) in [6.45, 7) is 1.46. The lowest BCUT2D eigenvalue weighted by atomic mass is 10.1. The van der Waals surface area contributed by atoms with Gasteiger partial charge in [0.05, 0.1) is 5.70 Å². The van der Waals surface area contributed by atoms with Crippen molar-refractivity contribution < 1.29 is 9.59 Å². The third-order valence-electron chi connectivity index (χ3n) is 2.06. The number of carbonyl (C=O) groups excluding carboxylic acids is 2. The summed E-state index contributed by atoms with van der Waals surface area (Å²) in [5.74, 6) is -0.217. The lowest BCUT2D eigenvalue weighted by Gasteiger charge is -1.96. The van der Waals surface area contributed by atoms with Gasteiger partial charge in [0.15, 0.2) is 5.78 Å². The van der Waals surface area contributed by atoms with Gasteiger partial charge in [-0.15, -0.1) is 0 Å². The minimum atomic E-state index is -0.145. The van der Waals surface area contributed by atoms with Crippen molar-refractivity contribution in [2.24, 2.45) is 0 Å². The van der Waals surface area contributed by atoms with Crippen LogP contribution in [0.2, 0.25) is 0 Å². The predicted octanol–water partition coefficient (Wildman–Crippen LogP) is 1.36. The maximum atomic E-state index is 11.4. The number of fused-ring (bicyclic) bond motifs is 1. The molecule has 0 saturated carbocycles. The maximum Gasteiger partial charge on any atom is 0.256 e. The minimum absolute atomic E-state index is 0.0722. The van der Waals surface area contributed by atoms with Gasteiger partial charge in [0, 0.05) is 17.2 Å². The summed E-state index contributed by atoms with van der Waals surface area (Å²) in [7, 11) is 0. The van der Waals surface area contributed by atoms with Crippen molar-refractivity contribution in [2.45, 2.75) is 6.92 Å². The number of amides is 1. The second-order valence-electron chi connectivity index (χ2n) is 3.17. The Kier molecular flexibility index (Phi) is 1.93. The number of rotatable bonds is 1. The first-order valence-electron chi connectivity index (χ1n) is 4.31. The van der Waals surface area contributed by atoms with Gasteiger partial charge in [-0.3, -0.25) is 9.59 Å². The number of benzene rings is 1. The van der Waals surface area contributed by atoms with Gasteiger partial charge < -0.3 is 5.32 Å². The molecule has 3 nitrogen and oxygen atoms in total. The van der Waals surface area contributed by atoms with E-state index in [-0.39, 0.29) is 11.7 Å². The number of hydrogen-bond donors (Lipinski definition) is 1. The first-order valence-corrected chi connectivity index (χ1v) is 4.31. The molecule has 1 aromatic carbocycles. The van der Waals surface area contributed by atoms with Crippen molar-refractivity contribution in [2.75, 3.05) is 0 Å². The van der Waals surface area contributed by atoms with Crippen LogP contribution < -0.4 is 5.32 Å². The van der Waals surface area contributed by atoms with E-state index >= 15 is 0 Å². The lowest BCUT2D eigenvalue weighted by Crippen LogP contribution is -2.12. The second kappa shape index (κ2) is 3.10. The molecule has 0 unspecified atom stereocenters. The van der Waals surface area contributed by atoms with Crippen LogP contribution in [-0.2, 0) is 4.79 Å². The average molecular weight is 187 g/mol. The minimum Gasteiger partial charge on any atom is -0.321 e. The zero-order chi connectivity index (χ0) is 10.1. The Hall–Kier alpha value is -1.90. The van der Waals surface area contributed by atoms with Gasteiger partial charge in [0.1, 0.15) is 0 Å². The molecule has 0 spiro atoms. The smallest absolute Gasteiger partial charge is 0.256 e. The summed E-state index contributed by atoms with van der Waals surface area (Å²) in [5.41, 5.74) is 2.02. The largest absolute Gasteiger partial charge is 0.321 e. The quantitative estimate of drug-likeness (QED) is 0.675. The molecule has 3 heteroatoms. The predicted molar refractivity (Wildman–Crippen MR) is 52.6 cm³/mol. The first-order chi connectivity index (χ1) is 6.68. The van der Waals surface area contributed by atoms with Gasteiger partial charge in [-0.05, 0) is 13.0 Å². The summed E-state index contributed by atoms with van der Waals surface area (Å²) >= 11 is 0. The van der Waals surface area contributed by atoms with E-state index in [0.29, 0.717) is 11.3 Å². The van der Waals surface area contributed by atoms with Crippen LogP contribution in [0.4, 0.5) is 0 Å². The fourth-order valence-electron chi connectivity index (χ4n) is 1.49. The molecular formula is C11H9NO2. The standard InChI is InChI=1S/C11H9NO2/c1-7(13)6-10-8-4-2-3-5-9(8)11(14)12-10/h2-6H,1H3,(H,12,14)/b10-6+. The van der Waals surface area contributed by atoms with E-state index in [1.807, 2.05) is 12.1 Å². The van der Waals surface area contributed by atoms with E-state index in [4.69, 9.17) is 0 Å². The van der Waals surface area contributed by atoms with Crippen molar-refractivity contribution in [1.82, 2.24) is 5.32 Å². The third-order valence-corrected chi connectivity index (χ3v) is 2.06. The maximum absolute atomic E-state index is 11.4. The van der Waals surface area contributed by atoms with Gasteiger partial charge in [-0.2, -0.15) is 0 Å². The monoisotopic (exact) mass is 187 g/mol. The van der Waals surface area contributed by atoms with Gasteiger partial charge in [-0.1, -0.05) is 18.2 Å². The zero-order valence-electron chi connectivity index (χ0n) is 7.70. The van der Waals surface area contributed by atoms with Gasteiger partial charge in [-0.25, -0.2) is 0 Å². The summed E-state index contributed by atoms with van der Waals surface area (Å²) in [6, 6.07) is 7.20. The van der Waals surface area contributed by atoms with Gasteiger partial charge in [0.25, 0.3) is 5.91 Å². The van der Waals surface area contributed by atoms with Crippen LogP contribution in [0.5, 0.6) is 0 Å². The molecule has 1 N–H and O–H groups in total. The Morgan fingerprint density at radius 1 is 1.29 bits per heavy atom. The number of ketones is 1. The van der Waals surface area contributed by atoms with Gasteiger partial charge in [0.2, 0.25) is 0 Å². The molecule has 1 aliphatic rings. The molecule has 0 bridgehead atoms. The topological polar surface area (TPSA) is 46.2 Å². The Morgan fingerprint density at radius 2 is 1.93 bits per heavy atom. The molecule has 70 valence electrons. The molecular weight excluding hydrogens is 178 g/mol. The SMILES string of the molecule is CC(=O)/C=C1/NC(=O)c2ccccc21. The Morgan fingerprint density at radius 3 is 2.57 bits per heavy atom. The van der Waals surface area contributed by atoms with Crippen LogP contribution in [0.15, 0.2) is 30.3 Å². The van der Waals surface area contributed by atoms with Crippen LogP contribution >= 0.6 is 0 Å². The van der Waals surface area contributed by atoms with Crippen LogP contribution in [0.1, 0.15) is 22.8 Å². The molecule has 1 amide bonds. The molecule has 0 aromatic heterocycles. The lowest BCUT2D eigenvalue weighted by molar-refractivity contribution is -0.112. The van der Waals surface area contributed by atoms with Crippen LogP contribution in [0, 0.1) is 0 Å². The summed E-state index contributed by atoms with van der Waals surface area (Å²) in [6.07, 6.45) is 1.43. The van der Waals surface area contributed by atoms with E-state index in [1.165, 1.54) is 13.0 Å². The number of allylic oxidation sites excluding steroid dienone is 1.